The van der Waals surface area contributed by atoms with E-state index in [-0.39, 0.29) is 43.0 Å². The number of pyridine rings is 1. The number of nitrogens with zero attached hydrogens (tertiary/aromatic N) is 2. The highest BCUT2D eigenvalue weighted by Gasteiger charge is 2.50. The fourth-order valence-electron chi connectivity index (χ4n) is 3.37. The second-order valence-electron chi connectivity index (χ2n) is 7.15. The van der Waals surface area contributed by atoms with Crippen LogP contribution in [0, 0.1) is 5.82 Å². The SMILES string of the molecule is CC(=O)Cc1ccc(N2CCC(O)(C(=O)CCc3cc(F)cc(Cl)c3)C2=O)cn1. The number of Topliss-reactive ketones (excluding diaryl/α,β-unsaturated/α-hetero) is 2. The van der Waals surface area contributed by atoms with Gasteiger partial charge in [0.25, 0.3) is 5.91 Å². The van der Waals surface area contributed by atoms with Gasteiger partial charge in [-0.25, -0.2) is 4.39 Å². The molecule has 0 saturated carbocycles. The van der Waals surface area contributed by atoms with Crippen LogP contribution in [0.5, 0.6) is 0 Å². The van der Waals surface area contributed by atoms with E-state index < -0.39 is 23.1 Å². The Hall–Kier alpha value is -2.64. The summed E-state index contributed by atoms with van der Waals surface area (Å²) in [5.41, 5.74) is -0.578. The van der Waals surface area contributed by atoms with Gasteiger partial charge in [-0.05, 0) is 49.2 Å². The quantitative estimate of drug-likeness (QED) is 0.698. The van der Waals surface area contributed by atoms with Crippen molar-refractivity contribution in [3.05, 3.63) is 58.6 Å². The van der Waals surface area contributed by atoms with Gasteiger partial charge in [-0.15, -0.1) is 0 Å². The van der Waals surface area contributed by atoms with Crippen molar-refractivity contribution in [1.82, 2.24) is 4.98 Å². The van der Waals surface area contributed by atoms with Crippen molar-refractivity contribution in [1.29, 1.82) is 0 Å². The van der Waals surface area contributed by atoms with Crippen LogP contribution in [-0.4, -0.2) is 39.7 Å². The summed E-state index contributed by atoms with van der Waals surface area (Å²) in [6.07, 6.45) is 1.64. The maximum absolute atomic E-state index is 13.4. The van der Waals surface area contributed by atoms with Gasteiger partial charge in [0.2, 0.25) is 5.60 Å². The van der Waals surface area contributed by atoms with Gasteiger partial charge in [0.05, 0.1) is 11.9 Å². The lowest BCUT2D eigenvalue weighted by Gasteiger charge is -2.21. The average molecular weight is 419 g/mol. The molecule has 1 aliphatic rings. The van der Waals surface area contributed by atoms with Crippen LogP contribution in [-0.2, 0) is 27.2 Å². The Morgan fingerprint density at radius 3 is 2.69 bits per heavy atom. The molecule has 1 amide bonds. The van der Waals surface area contributed by atoms with Gasteiger partial charge < -0.3 is 10.0 Å². The number of halogens is 2. The van der Waals surface area contributed by atoms with Crippen LogP contribution < -0.4 is 4.90 Å². The van der Waals surface area contributed by atoms with Crippen molar-refractivity contribution in [2.24, 2.45) is 0 Å². The first kappa shape index (κ1) is 21.1. The molecule has 0 spiro atoms. The number of hydrogen-bond donors (Lipinski definition) is 1. The van der Waals surface area contributed by atoms with Crippen molar-refractivity contribution in [2.45, 2.75) is 38.2 Å². The molecule has 1 aromatic carbocycles. The standard InChI is InChI=1S/C21H20ClFN2O4/c1-13(26)8-17-3-4-18(12-24-17)25-7-6-21(29,20(25)28)19(27)5-2-14-9-15(22)11-16(23)10-14/h3-4,9-12,29H,2,5-8H2,1H3. The Bertz CT molecular complexity index is 943. The van der Waals surface area contributed by atoms with Gasteiger partial charge in [0.1, 0.15) is 11.6 Å². The number of hydrogen-bond acceptors (Lipinski definition) is 5. The zero-order chi connectivity index (χ0) is 21.2. The summed E-state index contributed by atoms with van der Waals surface area (Å²) in [6, 6.07) is 7.23. The van der Waals surface area contributed by atoms with Crippen molar-refractivity contribution in [2.75, 3.05) is 11.4 Å². The van der Waals surface area contributed by atoms with E-state index in [1.807, 2.05) is 0 Å². The molecule has 1 atom stereocenters. The maximum atomic E-state index is 13.4. The van der Waals surface area contributed by atoms with Gasteiger partial charge in [-0.1, -0.05) is 11.6 Å². The third-order valence-electron chi connectivity index (χ3n) is 4.87. The number of aliphatic hydroxyl groups is 1. The number of amides is 1. The molecule has 1 aromatic heterocycles. The highest BCUT2D eigenvalue weighted by Crippen LogP contribution is 2.30. The molecule has 0 radical (unpaired) electrons. The predicted molar refractivity (Wildman–Crippen MR) is 105 cm³/mol. The lowest BCUT2D eigenvalue weighted by Crippen LogP contribution is -2.47. The lowest BCUT2D eigenvalue weighted by atomic mass is 9.92. The summed E-state index contributed by atoms with van der Waals surface area (Å²) >= 11 is 5.81. The summed E-state index contributed by atoms with van der Waals surface area (Å²) in [4.78, 5) is 42.0. The predicted octanol–water partition coefficient (Wildman–Crippen LogP) is 2.68. The molecule has 0 aliphatic carbocycles. The molecule has 2 aromatic rings. The zero-order valence-electron chi connectivity index (χ0n) is 15.8. The Morgan fingerprint density at radius 2 is 2.07 bits per heavy atom. The third-order valence-corrected chi connectivity index (χ3v) is 5.09. The van der Waals surface area contributed by atoms with E-state index in [0.717, 1.165) is 6.07 Å². The largest absolute Gasteiger partial charge is 0.373 e. The molecular formula is C21H20ClFN2O4. The molecule has 3 rings (SSSR count). The van der Waals surface area contributed by atoms with Crippen molar-refractivity contribution in [3.63, 3.8) is 0 Å². The summed E-state index contributed by atoms with van der Waals surface area (Å²) in [5, 5.41) is 10.9. The van der Waals surface area contributed by atoms with Gasteiger partial charge in [-0.3, -0.25) is 19.4 Å². The normalized spacial score (nSPS) is 18.9. The topological polar surface area (TPSA) is 87.6 Å². The second-order valence-corrected chi connectivity index (χ2v) is 7.59. The van der Waals surface area contributed by atoms with Crippen molar-refractivity contribution in [3.8, 4) is 0 Å². The van der Waals surface area contributed by atoms with Crippen LogP contribution in [0.15, 0.2) is 36.5 Å². The smallest absolute Gasteiger partial charge is 0.266 e. The summed E-state index contributed by atoms with van der Waals surface area (Å²) in [7, 11) is 0. The molecule has 1 N–H and O–H groups in total. The minimum absolute atomic E-state index is 0.0259. The number of ketones is 2. The summed E-state index contributed by atoms with van der Waals surface area (Å²) < 4.78 is 13.4. The number of benzene rings is 1. The van der Waals surface area contributed by atoms with Crippen LogP contribution in [0.25, 0.3) is 0 Å². The maximum Gasteiger partial charge on any atom is 0.266 e. The Morgan fingerprint density at radius 1 is 1.31 bits per heavy atom. The number of aromatic nitrogens is 1. The molecule has 6 nitrogen and oxygen atoms in total. The second kappa shape index (κ2) is 8.39. The van der Waals surface area contributed by atoms with E-state index in [4.69, 9.17) is 11.6 Å². The van der Waals surface area contributed by atoms with Gasteiger partial charge in [-0.2, -0.15) is 0 Å². The lowest BCUT2D eigenvalue weighted by molar-refractivity contribution is -0.147. The van der Waals surface area contributed by atoms with Crippen LogP contribution in [0.3, 0.4) is 0 Å². The summed E-state index contributed by atoms with van der Waals surface area (Å²) in [6.45, 7) is 1.63. The molecule has 1 saturated heterocycles. The average Bonchev–Trinajstić information content (AvgIpc) is 2.95. The van der Waals surface area contributed by atoms with Gasteiger partial charge in [0.15, 0.2) is 5.78 Å². The van der Waals surface area contributed by atoms with Crippen molar-refractivity contribution < 1.29 is 23.9 Å². The molecule has 2 heterocycles. The Labute approximate surface area is 172 Å². The highest BCUT2D eigenvalue weighted by atomic mass is 35.5. The number of rotatable bonds is 7. The number of carbonyl (C=O) groups excluding carboxylic acids is 3. The molecular weight excluding hydrogens is 399 g/mol. The van der Waals surface area contributed by atoms with E-state index in [1.54, 1.807) is 18.2 Å². The monoisotopic (exact) mass is 418 g/mol. The van der Waals surface area contributed by atoms with E-state index in [1.165, 1.54) is 24.1 Å². The van der Waals surface area contributed by atoms with Crippen LogP contribution in [0.1, 0.15) is 31.0 Å². The van der Waals surface area contributed by atoms with E-state index in [0.29, 0.717) is 16.9 Å². The number of carbonyl (C=O) groups is 3. The minimum atomic E-state index is -2.12. The van der Waals surface area contributed by atoms with E-state index in [2.05, 4.69) is 4.98 Å². The van der Waals surface area contributed by atoms with E-state index >= 15 is 0 Å². The molecule has 0 bridgehead atoms. The van der Waals surface area contributed by atoms with Crippen LogP contribution in [0.2, 0.25) is 5.02 Å². The number of aryl methyl sites for hydroxylation is 1. The molecule has 29 heavy (non-hydrogen) atoms. The molecule has 8 heteroatoms. The molecule has 1 aliphatic heterocycles. The third kappa shape index (κ3) is 4.68. The van der Waals surface area contributed by atoms with Gasteiger partial charge in [0, 0.05) is 36.5 Å². The van der Waals surface area contributed by atoms with Gasteiger partial charge >= 0.3 is 0 Å². The summed E-state index contributed by atoms with van der Waals surface area (Å²) in [5.74, 6) is -1.86. The first-order chi connectivity index (χ1) is 13.7. The molecule has 1 fully saturated rings. The van der Waals surface area contributed by atoms with E-state index in [9.17, 15) is 23.9 Å². The fourth-order valence-corrected chi connectivity index (χ4v) is 3.61. The minimum Gasteiger partial charge on any atom is -0.373 e. The number of anilines is 1. The zero-order valence-corrected chi connectivity index (χ0v) is 16.6. The van der Waals surface area contributed by atoms with Crippen LogP contribution >= 0.6 is 11.6 Å². The van der Waals surface area contributed by atoms with Crippen LogP contribution in [0.4, 0.5) is 10.1 Å². The molecule has 152 valence electrons. The first-order valence-corrected chi connectivity index (χ1v) is 9.54. The first-order valence-electron chi connectivity index (χ1n) is 9.16. The Balaban J connectivity index is 1.68. The van der Waals surface area contributed by atoms with Crippen molar-refractivity contribution >= 4 is 34.8 Å². The fraction of sp³-hybridized carbons (Fsp3) is 0.333. The Kier molecular flexibility index (Phi) is 6.10. The molecule has 1 unspecified atom stereocenters. The highest BCUT2D eigenvalue weighted by molar-refractivity contribution is 6.30.